The molecule has 0 saturated carbocycles. The van der Waals surface area contributed by atoms with Crippen molar-refractivity contribution in [2.75, 3.05) is 30.6 Å². The maximum absolute atomic E-state index is 12.5. The van der Waals surface area contributed by atoms with Gasteiger partial charge in [-0.05, 0) is 43.0 Å². The number of anilines is 2. The molecular weight excluding hydrogens is 650 g/mol. The largest absolute Gasteiger partial charge is 0.460 e. The molecule has 0 radical (unpaired) electrons. The SMILES string of the molecule is CSNNc1nc(N)nc2c1ncn2C1OC(COP(NCC(=O)OCc2ccccc2Cl)Oc2ccc(Cl)cc2)CC1C. The van der Waals surface area contributed by atoms with Crippen molar-refractivity contribution in [1.82, 2.24) is 29.4 Å². The van der Waals surface area contributed by atoms with E-state index in [9.17, 15) is 4.79 Å². The number of rotatable bonds is 14. The van der Waals surface area contributed by atoms with Crippen LogP contribution in [0, 0.1) is 5.92 Å². The predicted octanol–water partition coefficient (Wildman–Crippen LogP) is 5.49. The highest BCUT2D eigenvalue weighted by Crippen LogP contribution is 2.40. The van der Waals surface area contributed by atoms with Crippen LogP contribution >= 0.6 is 43.7 Å². The number of esters is 1. The number of nitrogens with one attached hydrogen (secondary N) is 3. The molecule has 1 aliphatic heterocycles. The highest BCUT2D eigenvalue weighted by molar-refractivity contribution is 7.96. The van der Waals surface area contributed by atoms with E-state index >= 15 is 0 Å². The molecule has 1 fully saturated rings. The Kier molecular flexibility index (Phi) is 11.3. The van der Waals surface area contributed by atoms with Gasteiger partial charge in [-0.25, -0.2) is 10.1 Å². The van der Waals surface area contributed by atoms with Crippen LogP contribution in [0.4, 0.5) is 11.8 Å². The molecule has 4 atom stereocenters. The van der Waals surface area contributed by atoms with Crippen LogP contribution in [0.1, 0.15) is 25.1 Å². The molecule has 1 saturated heterocycles. The summed E-state index contributed by atoms with van der Waals surface area (Å²) >= 11 is 13.6. The molecule has 17 heteroatoms. The minimum Gasteiger partial charge on any atom is -0.460 e. The molecule has 4 aromatic rings. The summed E-state index contributed by atoms with van der Waals surface area (Å²) in [5.41, 5.74) is 10.8. The Balaban J connectivity index is 1.21. The van der Waals surface area contributed by atoms with Crippen LogP contribution < -0.4 is 25.6 Å². The highest BCUT2D eigenvalue weighted by atomic mass is 35.5. The molecule has 234 valence electrons. The minimum atomic E-state index is -1.76. The molecule has 0 bridgehead atoms. The van der Waals surface area contributed by atoms with Crippen LogP contribution in [0.25, 0.3) is 11.2 Å². The van der Waals surface area contributed by atoms with E-state index in [2.05, 4.69) is 37.2 Å². The summed E-state index contributed by atoms with van der Waals surface area (Å²) in [5.74, 6) is 0.721. The summed E-state index contributed by atoms with van der Waals surface area (Å²) in [5, 5.41) is 4.12. The highest BCUT2D eigenvalue weighted by Gasteiger charge is 2.36. The molecular formula is C27H31Cl2N8O5PS. The van der Waals surface area contributed by atoms with Crippen molar-refractivity contribution in [2.45, 2.75) is 32.3 Å². The fourth-order valence-electron chi connectivity index (χ4n) is 4.47. The molecule has 2 aromatic heterocycles. The number of hydrazine groups is 1. The van der Waals surface area contributed by atoms with E-state index in [1.807, 2.05) is 23.0 Å². The molecule has 3 heterocycles. The van der Waals surface area contributed by atoms with Gasteiger partial charge in [-0.3, -0.25) is 14.8 Å². The van der Waals surface area contributed by atoms with Gasteiger partial charge in [0, 0.05) is 21.5 Å². The van der Waals surface area contributed by atoms with E-state index in [0.717, 1.165) is 0 Å². The molecule has 1 aliphatic rings. The molecule has 44 heavy (non-hydrogen) atoms. The van der Waals surface area contributed by atoms with Crippen LogP contribution in [0.5, 0.6) is 5.75 Å². The number of nitrogens with zero attached hydrogens (tertiary/aromatic N) is 4. The Bertz CT molecular complexity index is 1570. The summed E-state index contributed by atoms with van der Waals surface area (Å²) in [6.45, 7) is 2.20. The molecule has 0 amide bonds. The number of fused-ring (bicyclic) bond motifs is 1. The minimum absolute atomic E-state index is 0.0529. The van der Waals surface area contributed by atoms with Crippen molar-refractivity contribution >= 4 is 72.6 Å². The monoisotopic (exact) mass is 680 g/mol. The van der Waals surface area contributed by atoms with Crippen molar-refractivity contribution in [2.24, 2.45) is 5.92 Å². The van der Waals surface area contributed by atoms with Crippen LogP contribution in [-0.2, 0) is 25.4 Å². The van der Waals surface area contributed by atoms with E-state index in [1.54, 1.807) is 42.7 Å². The number of imidazole rings is 1. The second-order valence-electron chi connectivity index (χ2n) is 9.73. The first kappa shape index (κ1) is 32.5. The topological polar surface area (TPSA) is 160 Å². The quantitative estimate of drug-likeness (QED) is 0.0574. The number of carbonyl (C=O) groups excluding carboxylic acids is 1. The van der Waals surface area contributed by atoms with Crippen molar-refractivity contribution < 1.29 is 23.3 Å². The van der Waals surface area contributed by atoms with Gasteiger partial charge >= 0.3 is 14.5 Å². The van der Waals surface area contributed by atoms with Crippen molar-refractivity contribution in [3.05, 3.63) is 70.5 Å². The first-order valence-electron chi connectivity index (χ1n) is 13.5. The standard InChI is InChI=1S/C27H31Cl2N8O5PS/c1-16-11-20(41-26(16)37-15-31-23-24(35-36-44-2)33-27(30)34-25(23)37)14-40-43(42-19-9-7-18(28)8-10-19)32-12-22(38)39-13-17-5-3-4-6-21(17)29/h3-10,15-16,20,26,32,36H,11-14H2,1-2H3,(H3,30,33,34,35). The maximum atomic E-state index is 12.5. The third kappa shape index (κ3) is 8.40. The van der Waals surface area contributed by atoms with Crippen LogP contribution in [0.15, 0.2) is 54.9 Å². The molecule has 2 aromatic carbocycles. The molecule has 5 rings (SSSR count). The van der Waals surface area contributed by atoms with Gasteiger partial charge < -0.3 is 24.3 Å². The predicted molar refractivity (Wildman–Crippen MR) is 172 cm³/mol. The Hall–Kier alpha value is -2.94. The Morgan fingerprint density at radius 3 is 2.77 bits per heavy atom. The van der Waals surface area contributed by atoms with Gasteiger partial charge in [-0.2, -0.15) is 14.8 Å². The third-order valence-corrected chi connectivity index (χ3v) is 8.62. The Labute approximate surface area is 269 Å². The van der Waals surface area contributed by atoms with E-state index < -0.39 is 14.5 Å². The van der Waals surface area contributed by atoms with Crippen molar-refractivity contribution in [3.63, 3.8) is 0 Å². The van der Waals surface area contributed by atoms with Crippen molar-refractivity contribution in [3.8, 4) is 5.75 Å². The number of aromatic nitrogens is 4. The van der Waals surface area contributed by atoms with E-state index in [0.29, 0.717) is 44.8 Å². The maximum Gasteiger partial charge on any atom is 0.320 e. The Morgan fingerprint density at radius 2 is 2.00 bits per heavy atom. The molecule has 0 aliphatic carbocycles. The zero-order valence-corrected chi connectivity index (χ0v) is 27.0. The van der Waals surface area contributed by atoms with Crippen LogP contribution in [-0.4, -0.2) is 51.0 Å². The summed E-state index contributed by atoms with van der Waals surface area (Å²) < 4.78 is 25.8. The van der Waals surface area contributed by atoms with Gasteiger partial charge in [0.25, 0.3) is 0 Å². The average Bonchev–Trinajstić information content (AvgIpc) is 3.60. The molecule has 13 nitrogen and oxygen atoms in total. The fourth-order valence-corrected chi connectivity index (χ4v) is 6.07. The van der Waals surface area contributed by atoms with Crippen molar-refractivity contribution in [1.29, 1.82) is 0 Å². The number of carbonyl (C=O) groups is 1. The number of nitrogens with two attached hydrogens (primary N) is 1. The summed E-state index contributed by atoms with van der Waals surface area (Å²) in [4.78, 5) is 28.6. The second-order valence-corrected chi connectivity index (χ2v) is 12.5. The lowest BCUT2D eigenvalue weighted by Gasteiger charge is -2.21. The first-order valence-corrected chi connectivity index (χ1v) is 16.6. The lowest BCUT2D eigenvalue weighted by atomic mass is 10.1. The normalized spacial score (nSPS) is 18.8. The van der Waals surface area contributed by atoms with Crippen LogP contribution in [0.3, 0.4) is 0 Å². The lowest BCUT2D eigenvalue weighted by Crippen LogP contribution is -2.25. The van der Waals surface area contributed by atoms with Gasteiger partial charge in [-0.1, -0.05) is 60.3 Å². The Morgan fingerprint density at radius 1 is 1.20 bits per heavy atom. The zero-order valence-electron chi connectivity index (χ0n) is 23.8. The van der Waals surface area contributed by atoms with Gasteiger partial charge in [0.15, 0.2) is 17.0 Å². The third-order valence-electron chi connectivity index (χ3n) is 6.52. The summed E-state index contributed by atoms with van der Waals surface area (Å²) in [7, 11) is -1.76. The fraction of sp³-hybridized carbons (Fsp3) is 0.333. The van der Waals surface area contributed by atoms with E-state index in [1.165, 1.54) is 11.9 Å². The number of halogens is 2. The summed E-state index contributed by atoms with van der Waals surface area (Å²) in [6.07, 6.45) is 3.61. The number of nitrogen functional groups attached to an aromatic ring is 1. The first-order chi connectivity index (χ1) is 21.3. The molecule has 4 unspecified atom stereocenters. The zero-order chi connectivity index (χ0) is 31.1. The average molecular weight is 682 g/mol. The number of ether oxygens (including phenoxy) is 2. The summed E-state index contributed by atoms with van der Waals surface area (Å²) in [6, 6.07) is 14.0. The van der Waals surface area contributed by atoms with E-state index in [4.69, 9.17) is 47.5 Å². The van der Waals surface area contributed by atoms with Crippen LogP contribution in [0.2, 0.25) is 10.0 Å². The smallest absolute Gasteiger partial charge is 0.320 e. The van der Waals surface area contributed by atoms with Gasteiger partial charge in [0.1, 0.15) is 25.1 Å². The van der Waals surface area contributed by atoms with Gasteiger partial charge in [0.2, 0.25) is 5.95 Å². The van der Waals surface area contributed by atoms with Gasteiger partial charge in [-0.15, -0.1) is 0 Å². The molecule has 5 N–H and O–H groups in total. The number of hydrogen-bond donors (Lipinski definition) is 4. The van der Waals surface area contributed by atoms with E-state index in [-0.39, 0.29) is 44.0 Å². The lowest BCUT2D eigenvalue weighted by molar-refractivity contribution is -0.143. The molecule has 0 spiro atoms. The van der Waals surface area contributed by atoms with Gasteiger partial charge in [0.05, 0.1) is 19.0 Å². The number of hydrogen-bond acceptors (Lipinski definition) is 13. The number of benzene rings is 2. The second kappa shape index (κ2) is 15.4.